The molecule has 0 aliphatic heterocycles. The third kappa shape index (κ3) is 2.77. The first-order chi connectivity index (χ1) is 7.13. The summed E-state index contributed by atoms with van der Waals surface area (Å²) in [6.45, 7) is 0.222. The fraction of sp³-hybridized carbons (Fsp3) is 0.300. The van der Waals surface area contributed by atoms with Crippen LogP contribution < -0.4 is 5.73 Å². The van der Waals surface area contributed by atoms with Crippen molar-refractivity contribution < 1.29 is 9.18 Å². The molecule has 0 heterocycles. The molecular formula is C10H10BrClFNO. The molecule has 0 spiro atoms. The molecule has 0 aromatic heterocycles. The lowest BCUT2D eigenvalue weighted by molar-refractivity contribution is -0.108. The highest BCUT2D eigenvalue weighted by atomic mass is 79.9. The Kier molecular flexibility index (Phi) is 4.70. The maximum absolute atomic E-state index is 13.5. The van der Waals surface area contributed by atoms with Crippen molar-refractivity contribution in [3.05, 3.63) is 34.1 Å². The van der Waals surface area contributed by atoms with Crippen LogP contribution in [0.3, 0.4) is 0 Å². The summed E-state index contributed by atoms with van der Waals surface area (Å²) in [7, 11) is 0. The summed E-state index contributed by atoms with van der Waals surface area (Å²) < 4.78 is 13.5. The Morgan fingerprint density at radius 2 is 2.27 bits per heavy atom. The lowest BCUT2D eigenvalue weighted by atomic mass is 9.99. The van der Waals surface area contributed by atoms with Crippen molar-refractivity contribution in [1.29, 1.82) is 0 Å². The highest BCUT2D eigenvalue weighted by Crippen LogP contribution is 2.26. The SMILES string of the molecule is NCc1cc(C(C=O)CBr)c(F)cc1Cl. The molecule has 0 aliphatic rings. The van der Waals surface area contributed by atoms with Crippen LogP contribution in [0, 0.1) is 5.82 Å². The Bertz CT molecular complexity index is 373. The van der Waals surface area contributed by atoms with Gasteiger partial charge in [0.25, 0.3) is 0 Å². The van der Waals surface area contributed by atoms with Crippen LogP contribution >= 0.6 is 27.5 Å². The highest BCUT2D eigenvalue weighted by Gasteiger charge is 2.16. The van der Waals surface area contributed by atoms with Crippen LogP contribution in [-0.2, 0) is 11.3 Å². The molecule has 2 nitrogen and oxygen atoms in total. The largest absolute Gasteiger partial charge is 0.326 e. The minimum Gasteiger partial charge on any atom is -0.326 e. The predicted molar refractivity (Wildman–Crippen MR) is 61.9 cm³/mol. The molecule has 0 saturated heterocycles. The molecule has 0 radical (unpaired) electrons. The quantitative estimate of drug-likeness (QED) is 0.685. The van der Waals surface area contributed by atoms with Crippen LogP contribution in [0.4, 0.5) is 4.39 Å². The summed E-state index contributed by atoms with van der Waals surface area (Å²) in [5.74, 6) is -0.985. The third-order valence-electron chi connectivity index (χ3n) is 2.12. The number of alkyl halides is 1. The summed E-state index contributed by atoms with van der Waals surface area (Å²) in [6.07, 6.45) is 0.696. The number of nitrogens with two attached hydrogens (primary N) is 1. The Labute approximate surface area is 101 Å². The number of carbonyl (C=O) groups excluding carboxylic acids is 1. The smallest absolute Gasteiger partial charge is 0.128 e. The van der Waals surface area contributed by atoms with Crippen LogP contribution in [0.2, 0.25) is 5.02 Å². The maximum Gasteiger partial charge on any atom is 0.128 e. The minimum atomic E-state index is -0.507. The van der Waals surface area contributed by atoms with Crippen LogP contribution in [0.5, 0.6) is 0 Å². The van der Waals surface area contributed by atoms with Crippen molar-refractivity contribution in [2.24, 2.45) is 5.73 Å². The van der Waals surface area contributed by atoms with Crippen molar-refractivity contribution in [2.45, 2.75) is 12.5 Å². The average Bonchev–Trinajstić information content (AvgIpc) is 2.22. The summed E-state index contributed by atoms with van der Waals surface area (Å²) in [6, 6.07) is 2.73. The standard InChI is InChI=1S/C10H10BrClFNO/c11-3-7(5-15)8-1-6(4-14)9(12)2-10(8)13/h1-2,5,7H,3-4,14H2. The van der Waals surface area contributed by atoms with E-state index in [0.29, 0.717) is 22.7 Å². The second-order valence-corrected chi connectivity index (χ2v) is 4.12. The van der Waals surface area contributed by atoms with E-state index in [2.05, 4.69) is 15.9 Å². The second kappa shape index (κ2) is 5.58. The van der Waals surface area contributed by atoms with E-state index < -0.39 is 11.7 Å². The molecule has 0 saturated carbocycles. The molecule has 0 amide bonds. The lowest BCUT2D eigenvalue weighted by Crippen LogP contribution is -2.07. The number of rotatable bonds is 4. The molecule has 0 bridgehead atoms. The van der Waals surface area contributed by atoms with Gasteiger partial charge < -0.3 is 10.5 Å². The van der Waals surface area contributed by atoms with E-state index in [1.54, 1.807) is 0 Å². The van der Waals surface area contributed by atoms with E-state index in [-0.39, 0.29) is 11.6 Å². The van der Waals surface area contributed by atoms with Gasteiger partial charge in [-0.05, 0) is 23.3 Å². The van der Waals surface area contributed by atoms with Crippen LogP contribution in [0.15, 0.2) is 12.1 Å². The molecule has 2 N–H and O–H groups in total. The number of aldehydes is 1. The Morgan fingerprint density at radius 3 is 2.73 bits per heavy atom. The number of hydrogen-bond donors (Lipinski definition) is 1. The normalized spacial score (nSPS) is 12.5. The monoisotopic (exact) mass is 293 g/mol. The fourth-order valence-corrected chi connectivity index (χ4v) is 1.98. The number of halogens is 3. The van der Waals surface area contributed by atoms with Gasteiger partial charge in [0.15, 0.2) is 0 Å². The van der Waals surface area contributed by atoms with Crippen LogP contribution in [-0.4, -0.2) is 11.6 Å². The van der Waals surface area contributed by atoms with Gasteiger partial charge in [-0.25, -0.2) is 4.39 Å². The highest BCUT2D eigenvalue weighted by molar-refractivity contribution is 9.09. The van der Waals surface area contributed by atoms with E-state index in [4.69, 9.17) is 17.3 Å². The molecular weight excluding hydrogens is 284 g/mol. The maximum atomic E-state index is 13.5. The van der Waals surface area contributed by atoms with Crippen molar-refractivity contribution in [1.82, 2.24) is 0 Å². The van der Waals surface area contributed by atoms with Crippen molar-refractivity contribution >= 4 is 33.8 Å². The first kappa shape index (κ1) is 12.6. The van der Waals surface area contributed by atoms with E-state index in [9.17, 15) is 9.18 Å². The Balaban J connectivity index is 3.22. The molecule has 0 aliphatic carbocycles. The second-order valence-electron chi connectivity index (χ2n) is 3.07. The van der Waals surface area contributed by atoms with E-state index in [1.807, 2.05) is 0 Å². The van der Waals surface area contributed by atoms with Crippen molar-refractivity contribution in [2.75, 3.05) is 5.33 Å². The Hall–Kier alpha value is -0.450. The summed E-state index contributed by atoms with van der Waals surface area (Å²) >= 11 is 8.92. The van der Waals surface area contributed by atoms with Gasteiger partial charge in [0, 0.05) is 16.9 Å². The molecule has 1 rings (SSSR count). The van der Waals surface area contributed by atoms with Gasteiger partial charge in [-0.2, -0.15) is 0 Å². The van der Waals surface area contributed by atoms with E-state index in [1.165, 1.54) is 12.1 Å². The van der Waals surface area contributed by atoms with Crippen LogP contribution in [0.25, 0.3) is 0 Å². The van der Waals surface area contributed by atoms with E-state index >= 15 is 0 Å². The van der Waals surface area contributed by atoms with Gasteiger partial charge in [-0.1, -0.05) is 27.5 Å². The summed E-state index contributed by atoms with van der Waals surface area (Å²) in [5.41, 5.74) is 6.41. The molecule has 82 valence electrons. The first-order valence-electron chi connectivity index (χ1n) is 4.33. The molecule has 5 heteroatoms. The topological polar surface area (TPSA) is 43.1 Å². The van der Waals surface area contributed by atoms with Crippen LogP contribution in [0.1, 0.15) is 17.0 Å². The zero-order valence-corrected chi connectivity index (χ0v) is 10.2. The van der Waals surface area contributed by atoms with Crippen molar-refractivity contribution in [3.63, 3.8) is 0 Å². The summed E-state index contributed by atoms with van der Waals surface area (Å²) in [4.78, 5) is 10.7. The van der Waals surface area contributed by atoms with Gasteiger partial charge in [0.2, 0.25) is 0 Å². The van der Waals surface area contributed by atoms with Gasteiger partial charge in [-0.15, -0.1) is 0 Å². The number of benzene rings is 1. The van der Waals surface area contributed by atoms with Gasteiger partial charge in [0.1, 0.15) is 12.1 Å². The number of carbonyl (C=O) groups is 1. The molecule has 0 fully saturated rings. The Morgan fingerprint density at radius 1 is 1.60 bits per heavy atom. The zero-order chi connectivity index (χ0) is 11.4. The third-order valence-corrected chi connectivity index (χ3v) is 3.17. The van der Waals surface area contributed by atoms with Gasteiger partial charge in [-0.3, -0.25) is 0 Å². The molecule has 1 unspecified atom stereocenters. The van der Waals surface area contributed by atoms with Gasteiger partial charge in [0.05, 0.1) is 5.92 Å². The minimum absolute atomic E-state index is 0.222. The summed E-state index contributed by atoms with van der Waals surface area (Å²) in [5, 5.41) is 0.664. The average molecular weight is 295 g/mol. The number of hydrogen-bond acceptors (Lipinski definition) is 2. The predicted octanol–water partition coefficient (Wildman–Crippen LogP) is 2.62. The van der Waals surface area contributed by atoms with Crippen molar-refractivity contribution in [3.8, 4) is 0 Å². The molecule has 15 heavy (non-hydrogen) atoms. The molecule has 1 atom stereocenters. The fourth-order valence-electron chi connectivity index (χ4n) is 1.25. The zero-order valence-electron chi connectivity index (χ0n) is 7.84. The van der Waals surface area contributed by atoms with E-state index in [0.717, 1.165) is 0 Å². The molecule has 1 aromatic rings. The first-order valence-corrected chi connectivity index (χ1v) is 5.83. The molecule has 1 aromatic carbocycles. The van der Waals surface area contributed by atoms with Gasteiger partial charge >= 0.3 is 0 Å². The lowest BCUT2D eigenvalue weighted by Gasteiger charge is -2.11.